The van der Waals surface area contributed by atoms with Crippen LogP contribution in [0.2, 0.25) is 0 Å². The van der Waals surface area contributed by atoms with E-state index in [0.717, 1.165) is 18.4 Å². The highest BCUT2D eigenvalue weighted by atomic mass is 16.5. The first-order chi connectivity index (χ1) is 11.8. The topological polar surface area (TPSA) is 50.4 Å². The number of aryl methyl sites for hydroxylation is 1. The Bertz CT molecular complexity index is 587. The number of amides is 1. The van der Waals surface area contributed by atoms with Crippen LogP contribution in [0, 0.1) is 0 Å². The summed E-state index contributed by atoms with van der Waals surface area (Å²) in [6, 6.07) is 20.5. The molecule has 2 N–H and O–H groups in total. The number of carbonyl (C=O) groups excluding carboxylic acids is 1. The number of hydrogen-bond acceptors (Lipinski definition) is 3. The Hall–Kier alpha value is -2.17. The lowest BCUT2D eigenvalue weighted by molar-refractivity contribution is -0.121. The predicted molar refractivity (Wildman–Crippen MR) is 96.8 cm³/mol. The van der Waals surface area contributed by atoms with Gasteiger partial charge in [0.2, 0.25) is 5.91 Å². The normalized spacial score (nSPS) is 11.9. The fourth-order valence-corrected chi connectivity index (χ4v) is 2.58. The lowest BCUT2D eigenvalue weighted by Gasteiger charge is -2.19. The summed E-state index contributed by atoms with van der Waals surface area (Å²) in [4.78, 5) is 12.2. The minimum Gasteiger partial charge on any atom is -0.383 e. The number of benzene rings is 2. The number of methoxy groups -OCH3 is 1. The van der Waals surface area contributed by atoms with Gasteiger partial charge in [-0.1, -0.05) is 60.7 Å². The van der Waals surface area contributed by atoms with E-state index in [2.05, 4.69) is 34.9 Å². The van der Waals surface area contributed by atoms with Crippen LogP contribution in [0.5, 0.6) is 0 Å². The van der Waals surface area contributed by atoms with Gasteiger partial charge in [0.05, 0.1) is 19.2 Å². The van der Waals surface area contributed by atoms with Crippen LogP contribution in [0.3, 0.4) is 0 Å². The maximum Gasteiger partial charge on any atom is 0.234 e. The van der Waals surface area contributed by atoms with E-state index < -0.39 is 0 Å². The van der Waals surface area contributed by atoms with Gasteiger partial charge in [0.1, 0.15) is 0 Å². The van der Waals surface area contributed by atoms with Crippen molar-refractivity contribution >= 4 is 5.91 Å². The van der Waals surface area contributed by atoms with Gasteiger partial charge in [-0.15, -0.1) is 0 Å². The highest BCUT2D eigenvalue weighted by molar-refractivity contribution is 5.78. The zero-order valence-corrected chi connectivity index (χ0v) is 14.2. The molecule has 0 saturated carbocycles. The lowest BCUT2D eigenvalue weighted by Crippen LogP contribution is -2.37. The van der Waals surface area contributed by atoms with Crippen molar-refractivity contribution in [1.29, 1.82) is 0 Å². The average Bonchev–Trinajstić information content (AvgIpc) is 2.64. The van der Waals surface area contributed by atoms with Gasteiger partial charge in [0.25, 0.3) is 0 Å². The van der Waals surface area contributed by atoms with Gasteiger partial charge in [0.15, 0.2) is 0 Å². The molecule has 24 heavy (non-hydrogen) atoms. The van der Waals surface area contributed by atoms with E-state index in [4.69, 9.17) is 4.74 Å². The molecule has 0 spiro atoms. The maximum atomic E-state index is 12.2. The lowest BCUT2D eigenvalue weighted by atomic mass is 9.99. The number of hydrogen-bond donors (Lipinski definition) is 2. The molecule has 0 aliphatic carbocycles. The number of nitrogens with one attached hydrogen (secondary N) is 2. The van der Waals surface area contributed by atoms with Gasteiger partial charge in [0, 0.05) is 13.7 Å². The minimum absolute atomic E-state index is 0.00742. The van der Waals surface area contributed by atoms with Gasteiger partial charge in [-0.25, -0.2) is 0 Å². The van der Waals surface area contributed by atoms with Gasteiger partial charge in [-0.3, -0.25) is 4.79 Å². The van der Waals surface area contributed by atoms with Crippen LogP contribution in [0.25, 0.3) is 0 Å². The fraction of sp³-hybridized carbons (Fsp3) is 0.350. The maximum absolute atomic E-state index is 12.2. The van der Waals surface area contributed by atoms with Crippen LogP contribution >= 0.6 is 0 Å². The molecule has 4 heteroatoms. The molecular formula is C20H26N2O2. The van der Waals surface area contributed by atoms with Crippen molar-refractivity contribution in [2.24, 2.45) is 0 Å². The van der Waals surface area contributed by atoms with Gasteiger partial charge < -0.3 is 15.4 Å². The molecule has 0 bridgehead atoms. The van der Waals surface area contributed by atoms with E-state index in [-0.39, 0.29) is 11.9 Å². The molecule has 0 saturated heterocycles. The van der Waals surface area contributed by atoms with Crippen LogP contribution < -0.4 is 10.6 Å². The number of ether oxygens (including phenoxy) is 1. The largest absolute Gasteiger partial charge is 0.383 e. The molecule has 1 atom stereocenters. The summed E-state index contributed by atoms with van der Waals surface area (Å²) < 4.78 is 4.97. The van der Waals surface area contributed by atoms with Crippen LogP contribution in [0.15, 0.2) is 60.7 Å². The number of carbonyl (C=O) groups is 1. The Balaban J connectivity index is 1.92. The first-order valence-electron chi connectivity index (χ1n) is 8.37. The van der Waals surface area contributed by atoms with E-state index in [0.29, 0.717) is 19.7 Å². The van der Waals surface area contributed by atoms with E-state index in [1.54, 1.807) is 7.11 Å². The van der Waals surface area contributed by atoms with Crippen molar-refractivity contribution in [3.63, 3.8) is 0 Å². The molecule has 0 aromatic heterocycles. The molecule has 2 aromatic carbocycles. The second-order valence-corrected chi connectivity index (χ2v) is 5.72. The highest BCUT2D eigenvalue weighted by Gasteiger charge is 2.14. The summed E-state index contributed by atoms with van der Waals surface area (Å²) in [6.45, 7) is 1.57. The first-order valence-corrected chi connectivity index (χ1v) is 8.37. The summed E-state index contributed by atoms with van der Waals surface area (Å²) in [7, 11) is 1.65. The Labute approximate surface area is 144 Å². The molecule has 0 radical (unpaired) electrons. The Morgan fingerprint density at radius 2 is 1.71 bits per heavy atom. The average molecular weight is 326 g/mol. The van der Waals surface area contributed by atoms with Crippen LogP contribution in [0.1, 0.15) is 23.6 Å². The smallest absolute Gasteiger partial charge is 0.234 e. The monoisotopic (exact) mass is 326 g/mol. The fourth-order valence-electron chi connectivity index (χ4n) is 2.58. The van der Waals surface area contributed by atoms with E-state index >= 15 is 0 Å². The quantitative estimate of drug-likeness (QED) is 0.660. The molecule has 0 aliphatic rings. The molecule has 4 nitrogen and oxygen atoms in total. The molecule has 0 aliphatic heterocycles. The van der Waals surface area contributed by atoms with E-state index in [9.17, 15) is 4.79 Å². The summed E-state index contributed by atoms with van der Waals surface area (Å²) in [5, 5.41) is 6.22. The van der Waals surface area contributed by atoms with E-state index in [1.807, 2.05) is 36.4 Å². The third-order valence-corrected chi connectivity index (χ3v) is 3.87. The standard InChI is InChI=1S/C20H26N2O2/c1-24-15-14-21-16-20(23)22-19(18-10-6-3-7-11-18)13-12-17-8-4-2-5-9-17/h2-11,19,21H,12-16H2,1H3,(H,22,23). The molecule has 1 unspecified atom stereocenters. The first kappa shape index (κ1) is 18.2. The zero-order valence-electron chi connectivity index (χ0n) is 14.2. The Morgan fingerprint density at radius 1 is 1.04 bits per heavy atom. The van der Waals surface area contributed by atoms with Crippen LogP contribution in [-0.4, -0.2) is 32.7 Å². The SMILES string of the molecule is COCCNCC(=O)NC(CCc1ccccc1)c1ccccc1. The van der Waals surface area contributed by atoms with E-state index in [1.165, 1.54) is 5.56 Å². The third-order valence-electron chi connectivity index (χ3n) is 3.87. The second kappa shape index (κ2) is 10.6. The summed E-state index contributed by atoms with van der Waals surface area (Å²) in [5.41, 5.74) is 2.42. The number of rotatable bonds is 10. The molecule has 128 valence electrons. The van der Waals surface area contributed by atoms with Gasteiger partial charge in [-0.05, 0) is 24.0 Å². The molecule has 2 aromatic rings. The van der Waals surface area contributed by atoms with Crippen molar-refractivity contribution in [3.8, 4) is 0 Å². The van der Waals surface area contributed by atoms with Gasteiger partial charge >= 0.3 is 0 Å². The molecule has 2 rings (SSSR count). The van der Waals surface area contributed by atoms with Crippen molar-refractivity contribution in [1.82, 2.24) is 10.6 Å². The second-order valence-electron chi connectivity index (χ2n) is 5.72. The third kappa shape index (κ3) is 6.52. The van der Waals surface area contributed by atoms with Crippen molar-refractivity contribution < 1.29 is 9.53 Å². The highest BCUT2D eigenvalue weighted by Crippen LogP contribution is 2.19. The summed E-state index contributed by atoms with van der Waals surface area (Å²) in [5.74, 6) is 0.00742. The van der Waals surface area contributed by atoms with Crippen molar-refractivity contribution in [2.45, 2.75) is 18.9 Å². The molecule has 0 heterocycles. The van der Waals surface area contributed by atoms with Crippen LogP contribution in [-0.2, 0) is 16.0 Å². The Morgan fingerprint density at radius 3 is 2.38 bits per heavy atom. The Kier molecular flexibility index (Phi) is 8.01. The zero-order chi connectivity index (χ0) is 17.0. The minimum atomic E-state index is 0.00742. The van der Waals surface area contributed by atoms with Crippen LogP contribution in [0.4, 0.5) is 0 Å². The molecule has 1 amide bonds. The summed E-state index contributed by atoms with van der Waals surface area (Å²) >= 11 is 0. The summed E-state index contributed by atoms with van der Waals surface area (Å²) in [6.07, 6.45) is 1.80. The molecule has 0 fully saturated rings. The van der Waals surface area contributed by atoms with Crippen molar-refractivity contribution in [3.05, 3.63) is 71.8 Å². The van der Waals surface area contributed by atoms with Crippen molar-refractivity contribution in [2.75, 3.05) is 26.8 Å². The van der Waals surface area contributed by atoms with Gasteiger partial charge in [-0.2, -0.15) is 0 Å². The molecular weight excluding hydrogens is 300 g/mol. The predicted octanol–water partition coefficient (Wildman–Crippen LogP) is 2.71.